The minimum absolute atomic E-state index is 0.0467. The number of fused-ring (bicyclic) bond motifs is 1. The Kier molecular flexibility index (Phi) is 5.57. The van der Waals surface area contributed by atoms with Crippen LogP contribution < -0.4 is 0 Å². The van der Waals surface area contributed by atoms with E-state index in [0.717, 1.165) is 51.4 Å². The molecule has 4 rings (SSSR count). The quantitative estimate of drug-likeness (QED) is 0.557. The van der Waals surface area contributed by atoms with Gasteiger partial charge in [0.2, 0.25) is 5.91 Å². The molecule has 0 saturated carbocycles. The molecule has 1 atom stereocenters. The number of aryl methyl sites for hydroxylation is 1. The average molecular weight is 423 g/mol. The number of thiazole rings is 1. The van der Waals surface area contributed by atoms with Crippen molar-refractivity contribution in [3.63, 3.8) is 0 Å². The van der Waals surface area contributed by atoms with E-state index >= 15 is 0 Å². The lowest BCUT2D eigenvalue weighted by molar-refractivity contribution is -0.129. The number of carbonyl (C=O) groups is 1. The van der Waals surface area contributed by atoms with Crippen LogP contribution in [-0.2, 0) is 4.79 Å². The topological polar surface area (TPSA) is 69.9 Å². The second-order valence-electron chi connectivity index (χ2n) is 7.29. The van der Waals surface area contributed by atoms with Gasteiger partial charge in [0.25, 0.3) is 0 Å². The van der Waals surface area contributed by atoms with Gasteiger partial charge in [-0.3, -0.25) is 4.79 Å². The number of hydrogen-bond donors (Lipinski definition) is 0. The normalized spacial score (nSPS) is 16.3. The van der Waals surface area contributed by atoms with Crippen LogP contribution in [0, 0.1) is 32.1 Å². The summed E-state index contributed by atoms with van der Waals surface area (Å²) in [4.78, 5) is 24.3. The number of thioether (sulfide) groups is 1. The SMILES string of the molecule is Cc1nc(SCC(=O)N2CCCC2c2nc3ccccc3s2)c(C#N)c(C)c1C. The van der Waals surface area contributed by atoms with Crippen molar-refractivity contribution in [3.8, 4) is 6.07 Å². The lowest BCUT2D eigenvalue weighted by Gasteiger charge is -2.23. The van der Waals surface area contributed by atoms with Crippen LogP contribution in [-0.4, -0.2) is 33.1 Å². The molecular weight excluding hydrogens is 400 g/mol. The van der Waals surface area contributed by atoms with E-state index in [4.69, 9.17) is 4.98 Å². The van der Waals surface area contributed by atoms with Crippen molar-refractivity contribution in [1.82, 2.24) is 14.9 Å². The fourth-order valence-corrected chi connectivity index (χ4v) is 5.80. The Bertz CT molecular complexity index is 1100. The largest absolute Gasteiger partial charge is 0.332 e. The monoisotopic (exact) mass is 422 g/mol. The molecule has 1 unspecified atom stereocenters. The first-order valence-corrected chi connectivity index (χ1v) is 11.5. The van der Waals surface area contributed by atoms with E-state index in [1.165, 1.54) is 11.8 Å². The van der Waals surface area contributed by atoms with E-state index in [0.29, 0.717) is 10.6 Å². The van der Waals surface area contributed by atoms with Crippen LogP contribution >= 0.6 is 23.1 Å². The van der Waals surface area contributed by atoms with Gasteiger partial charge in [0.1, 0.15) is 16.1 Å². The summed E-state index contributed by atoms with van der Waals surface area (Å²) in [6.45, 7) is 6.62. The molecule has 5 nitrogen and oxygen atoms in total. The number of aromatic nitrogens is 2. The number of para-hydroxylation sites is 1. The molecule has 0 radical (unpaired) electrons. The second kappa shape index (κ2) is 8.13. The Morgan fingerprint density at radius 2 is 2.07 bits per heavy atom. The number of amides is 1. The summed E-state index contributed by atoms with van der Waals surface area (Å²) < 4.78 is 1.16. The van der Waals surface area contributed by atoms with Crippen LogP contribution in [0.1, 0.15) is 46.3 Å². The predicted molar refractivity (Wildman–Crippen MR) is 117 cm³/mol. The number of pyridine rings is 1. The van der Waals surface area contributed by atoms with Crippen LogP contribution in [0.15, 0.2) is 29.3 Å². The summed E-state index contributed by atoms with van der Waals surface area (Å²) in [6, 6.07) is 10.4. The maximum absolute atomic E-state index is 13.0. The van der Waals surface area contributed by atoms with E-state index in [-0.39, 0.29) is 17.7 Å². The molecule has 29 heavy (non-hydrogen) atoms. The molecule has 1 saturated heterocycles. The van der Waals surface area contributed by atoms with Gasteiger partial charge in [-0.25, -0.2) is 9.97 Å². The fraction of sp³-hybridized carbons (Fsp3) is 0.364. The first-order chi connectivity index (χ1) is 14.0. The first-order valence-electron chi connectivity index (χ1n) is 9.65. The molecule has 1 aromatic carbocycles. The molecule has 1 amide bonds. The Balaban J connectivity index is 1.52. The molecule has 1 fully saturated rings. The highest BCUT2D eigenvalue weighted by atomic mass is 32.2. The lowest BCUT2D eigenvalue weighted by atomic mass is 10.1. The number of hydrogen-bond acceptors (Lipinski definition) is 6. The molecule has 1 aliphatic rings. The molecule has 0 spiro atoms. The zero-order valence-electron chi connectivity index (χ0n) is 16.7. The number of likely N-dealkylation sites (tertiary alicyclic amines) is 1. The zero-order chi connectivity index (χ0) is 20.5. The minimum atomic E-state index is 0.0467. The Hall–Kier alpha value is -2.43. The fourth-order valence-electron chi connectivity index (χ4n) is 3.71. The summed E-state index contributed by atoms with van der Waals surface area (Å²) >= 11 is 3.04. The maximum Gasteiger partial charge on any atom is 0.233 e. The molecule has 3 aromatic rings. The Morgan fingerprint density at radius 3 is 2.83 bits per heavy atom. The van der Waals surface area contributed by atoms with Crippen molar-refractivity contribution in [2.45, 2.75) is 44.7 Å². The lowest BCUT2D eigenvalue weighted by Crippen LogP contribution is -2.32. The molecule has 148 valence electrons. The molecule has 7 heteroatoms. The maximum atomic E-state index is 13.0. The van der Waals surface area contributed by atoms with Crippen LogP contribution in [0.25, 0.3) is 10.2 Å². The van der Waals surface area contributed by atoms with Gasteiger partial charge in [0, 0.05) is 12.2 Å². The van der Waals surface area contributed by atoms with Crippen molar-refractivity contribution in [2.24, 2.45) is 0 Å². The highest BCUT2D eigenvalue weighted by Gasteiger charge is 2.32. The third kappa shape index (κ3) is 3.75. The van der Waals surface area contributed by atoms with E-state index in [2.05, 4.69) is 17.1 Å². The summed E-state index contributed by atoms with van der Waals surface area (Å²) in [5.74, 6) is 0.365. The number of benzene rings is 1. The molecular formula is C22H22N4OS2. The number of nitriles is 1. The van der Waals surface area contributed by atoms with Gasteiger partial charge >= 0.3 is 0 Å². The third-order valence-corrected chi connectivity index (χ3v) is 7.67. The number of carbonyl (C=O) groups excluding carboxylic acids is 1. The van der Waals surface area contributed by atoms with Crippen LogP contribution in [0.5, 0.6) is 0 Å². The van der Waals surface area contributed by atoms with E-state index < -0.39 is 0 Å². The molecule has 0 bridgehead atoms. The number of nitrogens with zero attached hydrogens (tertiary/aromatic N) is 4. The van der Waals surface area contributed by atoms with Gasteiger partial charge in [-0.2, -0.15) is 5.26 Å². The van der Waals surface area contributed by atoms with Gasteiger partial charge < -0.3 is 4.90 Å². The molecule has 1 aliphatic heterocycles. The molecule has 0 aliphatic carbocycles. The van der Waals surface area contributed by atoms with Gasteiger partial charge in [-0.15, -0.1) is 11.3 Å². The second-order valence-corrected chi connectivity index (χ2v) is 9.32. The summed E-state index contributed by atoms with van der Waals surface area (Å²) in [5, 5.41) is 11.2. The number of rotatable bonds is 4. The van der Waals surface area contributed by atoms with Crippen molar-refractivity contribution < 1.29 is 4.79 Å². The third-order valence-electron chi connectivity index (χ3n) is 5.58. The standard InChI is InChI=1S/C22H22N4OS2/c1-13-14(2)16(11-23)21(24-15(13)3)28-12-20(27)26-10-6-8-18(26)22-25-17-7-4-5-9-19(17)29-22/h4-5,7,9,18H,6,8,10,12H2,1-3H3. The smallest absolute Gasteiger partial charge is 0.233 e. The van der Waals surface area contributed by atoms with Crippen LogP contribution in [0.3, 0.4) is 0 Å². The van der Waals surface area contributed by atoms with Gasteiger partial charge in [0.05, 0.1) is 27.6 Å². The summed E-state index contributed by atoms with van der Waals surface area (Å²) in [6.07, 6.45) is 1.93. The van der Waals surface area contributed by atoms with Crippen molar-refractivity contribution in [2.75, 3.05) is 12.3 Å². The summed E-state index contributed by atoms with van der Waals surface area (Å²) in [5.41, 5.74) is 4.46. The molecule has 2 aromatic heterocycles. The molecule has 0 N–H and O–H groups in total. The zero-order valence-corrected chi connectivity index (χ0v) is 18.4. The van der Waals surface area contributed by atoms with Gasteiger partial charge in [0.15, 0.2) is 0 Å². The van der Waals surface area contributed by atoms with Crippen molar-refractivity contribution in [1.29, 1.82) is 5.26 Å². The average Bonchev–Trinajstić information content (AvgIpc) is 3.36. The summed E-state index contributed by atoms with van der Waals surface area (Å²) in [7, 11) is 0. The Morgan fingerprint density at radius 1 is 1.28 bits per heavy atom. The van der Waals surface area contributed by atoms with Crippen LogP contribution in [0.2, 0.25) is 0 Å². The van der Waals surface area contributed by atoms with Gasteiger partial charge in [-0.1, -0.05) is 23.9 Å². The van der Waals surface area contributed by atoms with E-state index in [1.807, 2.05) is 43.9 Å². The van der Waals surface area contributed by atoms with E-state index in [1.54, 1.807) is 11.3 Å². The predicted octanol–water partition coefficient (Wildman–Crippen LogP) is 4.94. The minimum Gasteiger partial charge on any atom is -0.332 e. The van der Waals surface area contributed by atoms with Gasteiger partial charge in [-0.05, 0) is 56.9 Å². The van der Waals surface area contributed by atoms with Crippen molar-refractivity contribution >= 4 is 39.2 Å². The molecule has 3 heterocycles. The van der Waals surface area contributed by atoms with Crippen LogP contribution in [0.4, 0.5) is 0 Å². The first kappa shape index (κ1) is 19.9. The van der Waals surface area contributed by atoms with Crippen molar-refractivity contribution in [3.05, 3.63) is 51.7 Å². The van der Waals surface area contributed by atoms with E-state index in [9.17, 15) is 10.1 Å². The highest BCUT2D eigenvalue weighted by Crippen LogP contribution is 2.37. The highest BCUT2D eigenvalue weighted by molar-refractivity contribution is 8.00. The Labute approximate surface area is 178 Å².